The Morgan fingerprint density at radius 2 is 2.22 bits per heavy atom. The fourth-order valence-electron chi connectivity index (χ4n) is 3.92. The summed E-state index contributed by atoms with van der Waals surface area (Å²) in [5.74, 6) is 0.961. The number of carbonyl (C=O) groups excluding carboxylic acids is 1. The van der Waals surface area contributed by atoms with Gasteiger partial charge >= 0.3 is 0 Å². The second-order valence-electron chi connectivity index (χ2n) is 7.82. The lowest BCUT2D eigenvalue weighted by atomic mass is 9.87. The van der Waals surface area contributed by atoms with E-state index in [1.165, 1.54) is 6.42 Å². The molecule has 2 heterocycles. The molecule has 2 aliphatic heterocycles. The number of nitrogens with zero attached hydrogens (tertiary/aromatic N) is 2. The van der Waals surface area contributed by atoms with Crippen LogP contribution in [0.5, 0.6) is 0 Å². The van der Waals surface area contributed by atoms with Gasteiger partial charge in [-0.2, -0.15) is 0 Å². The Kier molecular flexibility index (Phi) is 6.62. The van der Waals surface area contributed by atoms with Gasteiger partial charge in [0.1, 0.15) is 0 Å². The van der Waals surface area contributed by atoms with Crippen molar-refractivity contribution < 1.29 is 9.53 Å². The van der Waals surface area contributed by atoms with Gasteiger partial charge in [-0.25, -0.2) is 0 Å². The van der Waals surface area contributed by atoms with Gasteiger partial charge in [0.05, 0.1) is 6.61 Å². The number of hydrogen-bond donors (Lipinski definition) is 2. The molecule has 3 aliphatic rings. The molecule has 2 saturated heterocycles. The molecule has 0 bridgehead atoms. The maximum Gasteiger partial charge on any atom is 0.251 e. The number of aliphatic imine (C=N–C) groups is 1. The van der Waals surface area contributed by atoms with E-state index in [1.54, 1.807) is 0 Å². The van der Waals surface area contributed by atoms with Crippen molar-refractivity contribution in [1.29, 1.82) is 0 Å². The van der Waals surface area contributed by atoms with Crippen LogP contribution in [0, 0.1) is 5.41 Å². The van der Waals surface area contributed by atoms with E-state index in [9.17, 15) is 4.79 Å². The molecule has 3 fully saturated rings. The van der Waals surface area contributed by atoms with E-state index in [1.807, 2.05) is 31.3 Å². The van der Waals surface area contributed by atoms with E-state index < -0.39 is 0 Å². The number of carbonyl (C=O) groups is 1. The van der Waals surface area contributed by atoms with Crippen molar-refractivity contribution in [3.63, 3.8) is 0 Å². The van der Waals surface area contributed by atoms with Gasteiger partial charge in [0.2, 0.25) is 0 Å². The van der Waals surface area contributed by atoms with E-state index in [0.717, 1.165) is 62.7 Å². The third-order valence-corrected chi connectivity index (χ3v) is 5.69. The molecule has 6 nitrogen and oxygen atoms in total. The molecule has 0 aromatic heterocycles. The molecule has 4 rings (SSSR count). The van der Waals surface area contributed by atoms with Crippen LogP contribution in [0.4, 0.5) is 0 Å². The van der Waals surface area contributed by atoms with E-state index in [-0.39, 0.29) is 29.9 Å². The Morgan fingerprint density at radius 3 is 2.93 bits per heavy atom. The molecule has 1 unspecified atom stereocenters. The first-order valence-electron chi connectivity index (χ1n) is 9.61. The standard InChI is InChI=1S/C20H28N4O2.HI/c1-21-19(24-9-7-20(13-24)8-10-26-14-20)22-12-15-3-2-4-16(11-15)18(25)23-17-5-6-17;/h2-4,11,17H,5-10,12-14H2,1H3,(H,21,22)(H,23,25);1H. The summed E-state index contributed by atoms with van der Waals surface area (Å²) in [7, 11) is 1.83. The Labute approximate surface area is 178 Å². The third-order valence-electron chi connectivity index (χ3n) is 5.69. The van der Waals surface area contributed by atoms with E-state index >= 15 is 0 Å². The minimum Gasteiger partial charge on any atom is -0.381 e. The van der Waals surface area contributed by atoms with Gasteiger partial charge in [-0.05, 0) is 43.4 Å². The SMILES string of the molecule is CN=C(NCc1cccc(C(=O)NC2CC2)c1)N1CCC2(CCOC2)C1.I. The quantitative estimate of drug-likeness (QED) is 0.392. The van der Waals surface area contributed by atoms with Gasteiger partial charge in [0.15, 0.2) is 5.96 Å². The van der Waals surface area contributed by atoms with Crippen LogP contribution in [0.2, 0.25) is 0 Å². The zero-order valence-electron chi connectivity index (χ0n) is 15.9. The highest BCUT2D eigenvalue weighted by Crippen LogP contribution is 2.38. The maximum atomic E-state index is 12.2. The monoisotopic (exact) mass is 484 g/mol. The van der Waals surface area contributed by atoms with Crippen LogP contribution >= 0.6 is 24.0 Å². The molecule has 7 heteroatoms. The highest BCUT2D eigenvalue weighted by atomic mass is 127. The maximum absolute atomic E-state index is 12.2. The Balaban J connectivity index is 0.00000210. The predicted molar refractivity (Wildman–Crippen MR) is 117 cm³/mol. The molecule has 1 spiro atoms. The Hall–Kier alpha value is -1.35. The highest BCUT2D eigenvalue weighted by Gasteiger charge is 2.42. The number of likely N-dealkylation sites (tertiary alicyclic amines) is 1. The van der Waals surface area contributed by atoms with Crippen LogP contribution in [0.25, 0.3) is 0 Å². The molecule has 27 heavy (non-hydrogen) atoms. The topological polar surface area (TPSA) is 66.0 Å². The fraction of sp³-hybridized carbons (Fsp3) is 0.600. The van der Waals surface area contributed by atoms with Gasteiger partial charge < -0.3 is 20.3 Å². The van der Waals surface area contributed by atoms with Crippen molar-refractivity contribution in [3.05, 3.63) is 35.4 Å². The summed E-state index contributed by atoms with van der Waals surface area (Å²) in [6.07, 6.45) is 4.53. The van der Waals surface area contributed by atoms with Gasteiger partial charge in [-0.1, -0.05) is 12.1 Å². The summed E-state index contributed by atoms with van der Waals surface area (Å²) in [6, 6.07) is 8.21. The summed E-state index contributed by atoms with van der Waals surface area (Å²) in [5, 5.41) is 6.50. The Bertz CT molecular complexity index is 699. The van der Waals surface area contributed by atoms with E-state index in [4.69, 9.17) is 4.74 Å². The van der Waals surface area contributed by atoms with Gasteiger partial charge in [0.25, 0.3) is 5.91 Å². The molecule has 1 aromatic rings. The highest BCUT2D eigenvalue weighted by molar-refractivity contribution is 14.0. The van der Waals surface area contributed by atoms with E-state index in [2.05, 4.69) is 20.5 Å². The first-order valence-corrected chi connectivity index (χ1v) is 9.61. The molecule has 1 aliphatic carbocycles. The summed E-state index contributed by atoms with van der Waals surface area (Å²) in [4.78, 5) is 19.0. The zero-order valence-corrected chi connectivity index (χ0v) is 18.2. The molecular weight excluding hydrogens is 455 g/mol. The first kappa shape index (κ1) is 20.4. The lowest BCUT2D eigenvalue weighted by molar-refractivity contribution is 0.0951. The van der Waals surface area contributed by atoms with Crippen molar-refractivity contribution in [2.75, 3.05) is 33.4 Å². The molecule has 1 saturated carbocycles. The van der Waals surface area contributed by atoms with Crippen LogP contribution in [-0.4, -0.2) is 56.2 Å². The third kappa shape index (κ3) is 4.93. The Morgan fingerprint density at radius 1 is 1.37 bits per heavy atom. The summed E-state index contributed by atoms with van der Waals surface area (Å²) < 4.78 is 5.62. The average Bonchev–Trinajstić information content (AvgIpc) is 3.20. The van der Waals surface area contributed by atoms with Crippen LogP contribution in [0.15, 0.2) is 29.3 Å². The van der Waals surface area contributed by atoms with Gasteiger partial charge in [0, 0.05) is 50.3 Å². The number of hydrogen-bond acceptors (Lipinski definition) is 3. The van der Waals surface area contributed by atoms with Crippen LogP contribution in [0.3, 0.4) is 0 Å². The molecule has 148 valence electrons. The minimum absolute atomic E-state index is 0. The molecular formula is C20H29IN4O2. The van der Waals surface area contributed by atoms with Crippen LogP contribution < -0.4 is 10.6 Å². The number of amides is 1. The molecule has 2 N–H and O–H groups in total. The van der Waals surface area contributed by atoms with Crippen molar-refractivity contribution >= 4 is 35.8 Å². The predicted octanol–water partition coefficient (Wildman–Crippen LogP) is 2.38. The minimum atomic E-state index is 0. The van der Waals surface area contributed by atoms with Crippen molar-refractivity contribution in [2.24, 2.45) is 10.4 Å². The molecule has 1 aromatic carbocycles. The summed E-state index contributed by atoms with van der Waals surface area (Å²) in [6.45, 7) is 4.45. The van der Waals surface area contributed by atoms with Crippen LogP contribution in [-0.2, 0) is 11.3 Å². The number of benzene rings is 1. The summed E-state index contributed by atoms with van der Waals surface area (Å²) in [5.41, 5.74) is 2.14. The number of guanidine groups is 1. The second kappa shape index (κ2) is 8.77. The van der Waals surface area contributed by atoms with Gasteiger partial charge in [-0.3, -0.25) is 9.79 Å². The molecule has 0 radical (unpaired) electrons. The lowest BCUT2D eigenvalue weighted by Gasteiger charge is -2.25. The largest absolute Gasteiger partial charge is 0.381 e. The molecule has 1 atom stereocenters. The number of ether oxygens (including phenoxy) is 1. The van der Waals surface area contributed by atoms with E-state index in [0.29, 0.717) is 18.0 Å². The van der Waals surface area contributed by atoms with Crippen LogP contribution in [0.1, 0.15) is 41.6 Å². The molecule has 1 amide bonds. The number of rotatable bonds is 4. The normalized spacial score (nSPS) is 24.8. The van der Waals surface area contributed by atoms with Crippen molar-refractivity contribution in [1.82, 2.24) is 15.5 Å². The number of halogens is 1. The number of nitrogens with one attached hydrogen (secondary N) is 2. The van der Waals surface area contributed by atoms with Crippen molar-refractivity contribution in [2.45, 2.75) is 38.3 Å². The first-order chi connectivity index (χ1) is 12.7. The van der Waals surface area contributed by atoms with Crippen molar-refractivity contribution in [3.8, 4) is 0 Å². The van der Waals surface area contributed by atoms with Gasteiger partial charge in [-0.15, -0.1) is 24.0 Å². The zero-order chi connectivity index (χ0) is 18.0. The lowest BCUT2D eigenvalue weighted by Crippen LogP contribution is -2.41. The average molecular weight is 484 g/mol. The second-order valence-corrected chi connectivity index (χ2v) is 7.82. The smallest absolute Gasteiger partial charge is 0.251 e. The fourth-order valence-corrected chi connectivity index (χ4v) is 3.92. The summed E-state index contributed by atoms with van der Waals surface area (Å²) >= 11 is 0.